The van der Waals surface area contributed by atoms with E-state index in [1.807, 2.05) is 11.2 Å². The number of nitrogens with one attached hydrogen (secondary N) is 1. The van der Waals surface area contributed by atoms with Gasteiger partial charge < -0.3 is 5.32 Å². The Labute approximate surface area is 56.9 Å². The molecule has 56 valence electrons. The van der Waals surface area contributed by atoms with Gasteiger partial charge in [0.15, 0.2) is 0 Å². The van der Waals surface area contributed by atoms with Crippen LogP contribution < -0.4 is 5.32 Å². The van der Waals surface area contributed by atoms with Crippen molar-refractivity contribution in [1.29, 1.82) is 0 Å². The molecule has 0 saturated heterocycles. The van der Waals surface area contributed by atoms with Crippen LogP contribution in [0, 0.1) is 12.3 Å². The molecule has 0 amide bonds. The molecule has 0 aliphatic heterocycles. The van der Waals surface area contributed by atoms with Crippen molar-refractivity contribution < 1.29 is 13.2 Å². The summed E-state index contributed by atoms with van der Waals surface area (Å²) in [6, 6.07) is 0. The Kier molecular flexibility index (Phi) is 2.81. The summed E-state index contributed by atoms with van der Waals surface area (Å²) < 4.78 is 34.6. The standard InChI is InChI=1S/C6H6F3N/c1-3-4-10-5(2)6(7,8)9/h1,10H,2,4H2. The summed E-state index contributed by atoms with van der Waals surface area (Å²) in [7, 11) is 0. The number of terminal acetylenes is 1. The van der Waals surface area contributed by atoms with Crippen LogP contribution >= 0.6 is 0 Å². The zero-order chi connectivity index (χ0) is 8.20. The number of alkyl halides is 3. The predicted molar refractivity (Wildman–Crippen MR) is 32.0 cm³/mol. The molecule has 1 nitrogen and oxygen atoms in total. The van der Waals surface area contributed by atoms with Gasteiger partial charge in [-0.05, 0) is 0 Å². The van der Waals surface area contributed by atoms with Crippen LogP contribution in [0.5, 0.6) is 0 Å². The monoisotopic (exact) mass is 149 g/mol. The Hall–Kier alpha value is -1.11. The highest BCUT2D eigenvalue weighted by molar-refractivity contribution is 5.03. The summed E-state index contributed by atoms with van der Waals surface area (Å²) in [6.45, 7) is 2.58. The molecule has 0 radical (unpaired) electrons. The molecular weight excluding hydrogens is 143 g/mol. The summed E-state index contributed by atoms with van der Waals surface area (Å²) in [4.78, 5) is 0. The quantitative estimate of drug-likeness (QED) is 0.583. The van der Waals surface area contributed by atoms with Crippen molar-refractivity contribution in [3.63, 3.8) is 0 Å². The van der Waals surface area contributed by atoms with Gasteiger partial charge in [0.1, 0.15) is 5.70 Å². The zero-order valence-electron chi connectivity index (χ0n) is 5.13. The lowest BCUT2D eigenvalue weighted by atomic mass is 10.4. The summed E-state index contributed by atoms with van der Waals surface area (Å²) >= 11 is 0. The largest absolute Gasteiger partial charge is 0.430 e. The molecule has 10 heavy (non-hydrogen) atoms. The fraction of sp³-hybridized carbons (Fsp3) is 0.333. The van der Waals surface area contributed by atoms with Crippen molar-refractivity contribution in [3.05, 3.63) is 12.3 Å². The maximum absolute atomic E-state index is 11.5. The molecule has 0 atom stereocenters. The summed E-state index contributed by atoms with van der Waals surface area (Å²) in [6.07, 6.45) is 0.307. The lowest BCUT2D eigenvalue weighted by molar-refractivity contribution is -0.0959. The van der Waals surface area contributed by atoms with Crippen LogP contribution in [0.15, 0.2) is 12.3 Å². The minimum atomic E-state index is -4.39. The molecule has 0 aliphatic carbocycles. The molecule has 0 aliphatic rings. The Morgan fingerprint density at radius 1 is 1.60 bits per heavy atom. The molecular formula is C6H6F3N. The lowest BCUT2D eigenvalue weighted by Crippen LogP contribution is -2.25. The van der Waals surface area contributed by atoms with E-state index in [9.17, 15) is 13.2 Å². The second-order valence-electron chi connectivity index (χ2n) is 1.53. The lowest BCUT2D eigenvalue weighted by Gasteiger charge is -2.09. The first-order valence-corrected chi connectivity index (χ1v) is 2.42. The van der Waals surface area contributed by atoms with Crippen LogP contribution in [0.4, 0.5) is 13.2 Å². The number of allylic oxidation sites excluding steroid dienone is 1. The molecule has 0 aromatic rings. The molecule has 0 heterocycles. The topological polar surface area (TPSA) is 12.0 Å². The predicted octanol–water partition coefficient (Wildman–Crippen LogP) is 1.29. The smallest absolute Gasteiger partial charge is 0.371 e. The van der Waals surface area contributed by atoms with Gasteiger partial charge in [-0.1, -0.05) is 12.5 Å². The van der Waals surface area contributed by atoms with E-state index in [0.29, 0.717) is 0 Å². The third kappa shape index (κ3) is 3.02. The fourth-order valence-corrected chi connectivity index (χ4v) is 0.258. The number of hydrogen-bond acceptors (Lipinski definition) is 1. The van der Waals surface area contributed by atoms with Crippen molar-refractivity contribution >= 4 is 0 Å². The highest BCUT2D eigenvalue weighted by atomic mass is 19.4. The van der Waals surface area contributed by atoms with Gasteiger partial charge in [0.05, 0.1) is 6.54 Å². The summed E-state index contributed by atoms with van der Waals surface area (Å²) in [5.41, 5.74) is -1.01. The molecule has 0 rings (SSSR count). The van der Waals surface area contributed by atoms with Gasteiger partial charge in [-0.25, -0.2) is 0 Å². The summed E-state index contributed by atoms with van der Waals surface area (Å²) in [5.74, 6) is 2.00. The normalized spacial score (nSPS) is 10.2. The maximum atomic E-state index is 11.5. The van der Waals surface area contributed by atoms with Gasteiger partial charge in [-0.15, -0.1) is 6.42 Å². The van der Waals surface area contributed by atoms with Crippen LogP contribution in [-0.2, 0) is 0 Å². The van der Waals surface area contributed by atoms with E-state index in [4.69, 9.17) is 6.42 Å². The van der Waals surface area contributed by atoms with E-state index >= 15 is 0 Å². The van der Waals surface area contributed by atoms with Crippen molar-refractivity contribution in [2.45, 2.75) is 6.18 Å². The third-order valence-electron chi connectivity index (χ3n) is 0.746. The van der Waals surface area contributed by atoms with Crippen LogP contribution in [0.1, 0.15) is 0 Å². The first-order chi connectivity index (χ1) is 4.48. The van der Waals surface area contributed by atoms with Crippen molar-refractivity contribution in [3.8, 4) is 12.3 Å². The van der Waals surface area contributed by atoms with Gasteiger partial charge in [-0.2, -0.15) is 13.2 Å². The Morgan fingerprint density at radius 3 is 2.40 bits per heavy atom. The number of hydrogen-bond donors (Lipinski definition) is 1. The molecule has 0 spiro atoms. The van der Waals surface area contributed by atoms with Crippen LogP contribution in [0.2, 0.25) is 0 Å². The van der Waals surface area contributed by atoms with Gasteiger partial charge in [0.25, 0.3) is 0 Å². The Morgan fingerprint density at radius 2 is 2.10 bits per heavy atom. The zero-order valence-corrected chi connectivity index (χ0v) is 5.13. The highest BCUT2D eigenvalue weighted by Gasteiger charge is 2.31. The SMILES string of the molecule is C#CCNC(=C)C(F)(F)F. The van der Waals surface area contributed by atoms with E-state index in [-0.39, 0.29) is 6.54 Å². The van der Waals surface area contributed by atoms with Crippen LogP contribution in [0.3, 0.4) is 0 Å². The van der Waals surface area contributed by atoms with Gasteiger partial charge in [0, 0.05) is 0 Å². The molecule has 0 saturated carbocycles. The minimum absolute atomic E-state index is 0.154. The minimum Gasteiger partial charge on any atom is -0.371 e. The first kappa shape index (κ1) is 8.89. The Bertz CT molecular complexity index is 163. The fourth-order valence-electron chi connectivity index (χ4n) is 0.258. The van der Waals surface area contributed by atoms with E-state index < -0.39 is 11.9 Å². The molecule has 0 fully saturated rings. The highest BCUT2D eigenvalue weighted by Crippen LogP contribution is 2.21. The summed E-state index contributed by atoms with van der Waals surface area (Å²) in [5, 5.41) is 1.92. The van der Waals surface area contributed by atoms with Crippen LogP contribution in [0.25, 0.3) is 0 Å². The average molecular weight is 149 g/mol. The average Bonchev–Trinajstić information content (AvgIpc) is 1.80. The molecule has 0 aromatic carbocycles. The second kappa shape index (κ2) is 3.16. The van der Waals surface area contributed by atoms with E-state index in [1.54, 1.807) is 0 Å². The first-order valence-electron chi connectivity index (χ1n) is 2.42. The second-order valence-corrected chi connectivity index (χ2v) is 1.53. The maximum Gasteiger partial charge on any atom is 0.430 e. The van der Waals surface area contributed by atoms with E-state index in [2.05, 4.69) is 6.58 Å². The Balaban J connectivity index is 3.78. The molecule has 0 aromatic heterocycles. The van der Waals surface area contributed by atoms with Gasteiger partial charge in [0.2, 0.25) is 0 Å². The van der Waals surface area contributed by atoms with Gasteiger partial charge >= 0.3 is 6.18 Å². The molecule has 0 unspecified atom stereocenters. The molecule has 1 N–H and O–H groups in total. The van der Waals surface area contributed by atoms with Crippen LogP contribution in [-0.4, -0.2) is 12.7 Å². The number of halogens is 3. The molecule has 0 bridgehead atoms. The van der Waals surface area contributed by atoms with E-state index in [0.717, 1.165) is 0 Å². The van der Waals surface area contributed by atoms with E-state index in [1.165, 1.54) is 0 Å². The van der Waals surface area contributed by atoms with Gasteiger partial charge in [-0.3, -0.25) is 0 Å². The third-order valence-corrected chi connectivity index (χ3v) is 0.746. The van der Waals surface area contributed by atoms with Crippen molar-refractivity contribution in [1.82, 2.24) is 5.32 Å². The number of rotatable bonds is 2. The van der Waals surface area contributed by atoms with Crippen molar-refractivity contribution in [2.24, 2.45) is 0 Å². The van der Waals surface area contributed by atoms with Crippen molar-refractivity contribution in [2.75, 3.05) is 6.54 Å². The molecule has 4 heteroatoms.